The summed E-state index contributed by atoms with van der Waals surface area (Å²) >= 11 is 0. The summed E-state index contributed by atoms with van der Waals surface area (Å²) < 4.78 is 29.7. The van der Waals surface area contributed by atoms with Gasteiger partial charge in [0.1, 0.15) is 30.5 Å². The Morgan fingerprint density at radius 2 is 1.84 bits per heavy atom. The molecule has 174 valence electrons. The topological polar surface area (TPSA) is 104 Å². The van der Waals surface area contributed by atoms with Crippen LogP contribution >= 0.6 is 0 Å². The molecule has 2 saturated heterocycles. The molecule has 3 heterocycles. The summed E-state index contributed by atoms with van der Waals surface area (Å²) in [7, 11) is 0. The molecule has 6 rings (SSSR count). The number of epoxide rings is 2. The lowest BCUT2D eigenvalue weighted by Crippen LogP contribution is -2.64. The largest absolute Gasteiger partial charge is 0.465 e. The summed E-state index contributed by atoms with van der Waals surface area (Å²) in [5, 5.41) is 0. The Morgan fingerprint density at radius 3 is 2.53 bits per heavy atom. The van der Waals surface area contributed by atoms with E-state index in [1.807, 2.05) is 0 Å². The van der Waals surface area contributed by atoms with Crippen LogP contribution in [0.2, 0.25) is 0 Å². The number of esters is 3. The van der Waals surface area contributed by atoms with E-state index in [0.717, 1.165) is 24.8 Å². The molecular weight excluding hydrogens is 416 g/mol. The number of rotatable bonds is 3. The van der Waals surface area contributed by atoms with Crippen LogP contribution in [0, 0.1) is 22.7 Å². The molecule has 0 aromatic carbocycles. The zero-order chi connectivity index (χ0) is 22.8. The fourth-order valence-electron chi connectivity index (χ4n) is 8.16. The maximum Gasteiger partial charge on any atom is 0.336 e. The van der Waals surface area contributed by atoms with Gasteiger partial charge in [0.2, 0.25) is 0 Å². The monoisotopic (exact) mass is 446 g/mol. The van der Waals surface area contributed by atoms with Crippen molar-refractivity contribution in [1.29, 1.82) is 0 Å². The highest BCUT2D eigenvalue weighted by molar-refractivity contribution is 5.93. The average molecular weight is 446 g/mol. The van der Waals surface area contributed by atoms with Crippen molar-refractivity contribution in [3.63, 3.8) is 0 Å². The maximum absolute atomic E-state index is 12.4. The molecule has 8 heteroatoms. The Labute approximate surface area is 186 Å². The number of carbonyl (C=O) groups is 3. The highest BCUT2D eigenvalue weighted by Crippen LogP contribution is 2.78. The number of ether oxygens (including phenoxy) is 5. The molecule has 5 fully saturated rings. The fourth-order valence-corrected chi connectivity index (χ4v) is 8.16. The van der Waals surface area contributed by atoms with E-state index in [1.165, 1.54) is 13.8 Å². The summed E-state index contributed by atoms with van der Waals surface area (Å²) in [6.07, 6.45) is 2.49. The first kappa shape index (κ1) is 20.7. The summed E-state index contributed by atoms with van der Waals surface area (Å²) in [4.78, 5) is 36.0. The van der Waals surface area contributed by atoms with Crippen LogP contribution in [0.3, 0.4) is 0 Å². The molecule has 2 spiro atoms. The van der Waals surface area contributed by atoms with Crippen molar-refractivity contribution in [3.8, 4) is 0 Å². The van der Waals surface area contributed by atoms with Crippen molar-refractivity contribution < 1.29 is 38.1 Å². The van der Waals surface area contributed by atoms with Crippen molar-refractivity contribution >= 4 is 17.9 Å². The number of hydrogen-bond acceptors (Lipinski definition) is 8. The molecule has 8 nitrogen and oxygen atoms in total. The van der Waals surface area contributed by atoms with Crippen LogP contribution in [0.5, 0.6) is 0 Å². The first-order valence-corrected chi connectivity index (χ1v) is 11.6. The third-order valence-corrected chi connectivity index (χ3v) is 9.47. The second-order valence-corrected chi connectivity index (χ2v) is 11.1. The van der Waals surface area contributed by atoms with Crippen LogP contribution < -0.4 is 0 Å². The van der Waals surface area contributed by atoms with E-state index < -0.39 is 11.2 Å². The van der Waals surface area contributed by atoms with Gasteiger partial charge in [0.05, 0.1) is 0 Å². The first-order valence-electron chi connectivity index (χ1n) is 11.6. The van der Waals surface area contributed by atoms with E-state index in [0.29, 0.717) is 12.0 Å². The van der Waals surface area contributed by atoms with Gasteiger partial charge in [0.25, 0.3) is 5.79 Å². The molecule has 0 radical (unpaired) electrons. The van der Waals surface area contributed by atoms with Crippen molar-refractivity contribution in [1.82, 2.24) is 0 Å². The first-order chi connectivity index (χ1) is 15.0. The van der Waals surface area contributed by atoms with E-state index in [9.17, 15) is 14.4 Å². The average Bonchev–Trinajstić information content (AvgIpc) is 3.57. The minimum atomic E-state index is -0.958. The van der Waals surface area contributed by atoms with Gasteiger partial charge in [-0.05, 0) is 43.9 Å². The lowest BCUT2D eigenvalue weighted by molar-refractivity contribution is -0.204. The van der Waals surface area contributed by atoms with Crippen LogP contribution in [0.15, 0.2) is 11.1 Å². The second kappa shape index (κ2) is 5.95. The van der Waals surface area contributed by atoms with E-state index in [-0.39, 0.29) is 65.7 Å². The molecule has 0 aromatic heterocycles. The van der Waals surface area contributed by atoms with Gasteiger partial charge in [0.15, 0.2) is 0 Å². The Kier molecular flexibility index (Phi) is 3.84. The molecule has 0 aromatic rings. The quantitative estimate of drug-likeness (QED) is 0.370. The standard InChI is InChI=1S/C24H30O8/c1-11-16-18-23(30-18)9-6-14-21(4,17(23)19-24(16,31-19)32-20(11)27)8-7-15(29-13(3)26)22(14,5)10-28-12(2)25/h14-15,17-19H,6-10H2,1-5H3/t14-,15+,17-,18+,19+,21+,22-,23-,24+/m0/s1. The van der Waals surface area contributed by atoms with Crippen molar-refractivity contribution in [3.05, 3.63) is 11.1 Å². The van der Waals surface area contributed by atoms with Gasteiger partial charge in [0, 0.05) is 36.3 Å². The maximum atomic E-state index is 12.4. The SMILES string of the molecule is CC(=O)OC[C@@]1(C)[C@H]2CC[C@@]34O[C@@H]3C3=C(C)C(=O)O[C@]35O[C@@H]5[C@H]4[C@]2(C)CC[C@H]1OC(C)=O. The van der Waals surface area contributed by atoms with Gasteiger partial charge in [-0.1, -0.05) is 13.8 Å². The molecule has 3 saturated carbocycles. The summed E-state index contributed by atoms with van der Waals surface area (Å²) in [6.45, 7) is 9.16. The van der Waals surface area contributed by atoms with Crippen molar-refractivity contribution in [2.24, 2.45) is 22.7 Å². The molecule has 3 aliphatic heterocycles. The lowest BCUT2D eigenvalue weighted by atomic mass is 9.43. The zero-order valence-electron chi connectivity index (χ0n) is 19.2. The molecule has 3 aliphatic carbocycles. The Hall–Kier alpha value is -1.93. The molecular formula is C24H30O8. The minimum Gasteiger partial charge on any atom is -0.465 e. The summed E-state index contributed by atoms with van der Waals surface area (Å²) in [5.74, 6) is -1.76. The fraction of sp³-hybridized carbons (Fsp3) is 0.792. The molecule has 0 bridgehead atoms. The van der Waals surface area contributed by atoms with Gasteiger partial charge < -0.3 is 23.7 Å². The van der Waals surface area contributed by atoms with E-state index in [4.69, 9.17) is 23.7 Å². The third kappa shape index (κ3) is 2.28. The van der Waals surface area contributed by atoms with Crippen LogP contribution in [0.4, 0.5) is 0 Å². The number of fused-ring (bicyclic) bond motifs is 4. The summed E-state index contributed by atoms with van der Waals surface area (Å²) in [5.41, 5.74) is 0.440. The lowest BCUT2D eigenvalue weighted by Gasteiger charge is -2.61. The molecule has 32 heavy (non-hydrogen) atoms. The van der Waals surface area contributed by atoms with E-state index in [2.05, 4.69) is 13.8 Å². The van der Waals surface area contributed by atoms with Crippen LogP contribution in [-0.2, 0) is 38.1 Å². The minimum absolute atomic E-state index is 0.0520. The van der Waals surface area contributed by atoms with Gasteiger partial charge >= 0.3 is 17.9 Å². The molecule has 0 unspecified atom stereocenters. The number of hydrogen-bond donors (Lipinski definition) is 0. The van der Waals surface area contributed by atoms with Crippen molar-refractivity contribution in [2.45, 2.75) is 90.0 Å². The normalized spacial score (nSPS) is 51.9. The Bertz CT molecular complexity index is 986. The van der Waals surface area contributed by atoms with Gasteiger partial charge in [-0.3, -0.25) is 9.59 Å². The van der Waals surface area contributed by atoms with Gasteiger partial charge in [-0.15, -0.1) is 0 Å². The Morgan fingerprint density at radius 1 is 1.09 bits per heavy atom. The third-order valence-electron chi connectivity index (χ3n) is 9.47. The molecule has 6 aliphatic rings. The van der Waals surface area contributed by atoms with Gasteiger partial charge in [-0.25, -0.2) is 4.79 Å². The van der Waals surface area contributed by atoms with Crippen molar-refractivity contribution in [2.75, 3.05) is 6.61 Å². The predicted molar refractivity (Wildman–Crippen MR) is 108 cm³/mol. The highest BCUT2D eigenvalue weighted by Gasteiger charge is 2.89. The predicted octanol–water partition coefficient (Wildman–Crippen LogP) is 2.43. The molecule has 0 N–H and O–H groups in total. The van der Waals surface area contributed by atoms with Gasteiger partial charge in [-0.2, -0.15) is 0 Å². The number of carbonyl (C=O) groups excluding carboxylic acids is 3. The van der Waals surface area contributed by atoms with E-state index >= 15 is 0 Å². The van der Waals surface area contributed by atoms with E-state index in [1.54, 1.807) is 6.92 Å². The molecule has 0 amide bonds. The van der Waals surface area contributed by atoms with Crippen LogP contribution in [0.1, 0.15) is 60.3 Å². The van der Waals surface area contributed by atoms with Crippen LogP contribution in [-0.4, -0.2) is 54.2 Å². The smallest absolute Gasteiger partial charge is 0.336 e. The van der Waals surface area contributed by atoms with Crippen LogP contribution in [0.25, 0.3) is 0 Å². The second-order valence-electron chi connectivity index (χ2n) is 11.1. The zero-order valence-corrected chi connectivity index (χ0v) is 19.2. The highest BCUT2D eigenvalue weighted by atomic mass is 16.8. The molecule has 9 atom stereocenters. The Balaban J connectivity index is 1.39. The summed E-state index contributed by atoms with van der Waals surface area (Å²) in [6, 6.07) is 0.